The second-order valence-corrected chi connectivity index (χ2v) is 7.47. The summed E-state index contributed by atoms with van der Waals surface area (Å²) in [5, 5.41) is 38.9. The third-order valence-corrected chi connectivity index (χ3v) is 4.76. The summed E-state index contributed by atoms with van der Waals surface area (Å²) in [5.41, 5.74) is 0.721. The van der Waals surface area contributed by atoms with Crippen molar-refractivity contribution >= 4 is 34.6 Å². The molecule has 10 heteroatoms. The fourth-order valence-electron chi connectivity index (χ4n) is 2.95. The standard InChI is InChI=1S/C21H29NO8.BrH/c1-12(24)15(16(25)8-9-22(2)3)10-13-4-6-14(7-5-13)29-21-20(28)19(27)18(26)17(11-23)30-21;/h4-7,10,17-21,23,26-28H,8-9,11H2,1-3H3;1H/b15-10-;. The zero-order valence-corrected chi connectivity index (χ0v) is 19.4. The normalized spacial score (nSPS) is 26.3. The van der Waals surface area contributed by atoms with E-state index in [4.69, 9.17) is 9.47 Å². The van der Waals surface area contributed by atoms with Gasteiger partial charge in [0.05, 0.1) is 12.2 Å². The highest BCUT2D eigenvalue weighted by Gasteiger charge is 2.44. The van der Waals surface area contributed by atoms with E-state index in [1.165, 1.54) is 13.0 Å². The number of hydrogen-bond acceptors (Lipinski definition) is 9. The Labute approximate surface area is 191 Å². The molecule has 0 radical (unpaired) electrons. The topological polar surface area (TPSA) is 137 Å². The summed E-state index contributed by atoms with van der Waals surface area (Å²) in [6.07, 6.45) is -5.12. The van der Waals surface area contributed by atoms with Crippen molar-refractivity contribution in [2.45, 2.75) is 44.1 Å². The first-order valence-electron chi connectivity index (χ1n) is 9.61. The quantitative estimate of drug-likeness (QED) is 0.207. The maximum Gasteiger partial charge on any atom is 0.229 e. The van der Waals surface area contributed by atoms with Gasteiger partial charge in [-0.25, -0.2) is 0 Å². The number of halogens is 1. The number of allylic oxidation sites excluding steroid dienone is 1. The molecule has 1 aromatic rings. The highest BCUT2D eigenvalue weighted by atomic mass is 79.9. The molecule has 0 spiro atoms. The number of Topliss-reactive ketones (excluding diaryl/α,β-unsaturated/α-hetero) is 2. The van der Waals surface area contributed by atoms with Crippen molar-refractivity contribution in [3.05, 3.63) is 35.4 Å². The second-order valence-electron chi connectivity index (χ2n) is 7.47. The molecule has 4 N–H and O–H groups in total. The minimum atomic E-state index is -1.53. The van der Waals surface area contributed by atoms with Gasteiger partial charge in [0, 0.05) is 13.0 Å². The summed E-state index contributed by atoms with van der Waals surface area (Å²) >= 11 is 0. The van der Waals surface area contributed by atoms with E-state index >= 15 is 0 Å². The first-order valence-corrected chi connectivity index (χ1v) is 9.61. The Morgan fingerprint density at radius 1 is 1.10 bits per heavy atom. The van der Waals surface area contributed by atoms with Crippen LogP contribution in [0.4, 0.5) is 0 Å². The van der Waals surface area contributed by atoms with E-state index in [9.17, 15) is 30.0 Å². The van der Waals surface area contributed by atoms with Gasteiger partial charge in [-0.3, -0.25) is 9.59 Å². The number of benzene rings is 1. The third kappa shape index (κ3) is 7.46. The molecule has 1 saturated heterocycles. The first kappa shape index (κ1) is 27.4. The molecule has 0 amide bonds. The molecular formula is C21H30BrNO8. The van der Waals surface area contributed by atoms with Crippen LogP contribution in [0.25, 0.3) is 6.08 Å². The molecule has 0 aliphatic carbocycles. The van der Waals surface area contributed by atoms with Gasteiger partial charge in [0.2, 0.25) is 6.29 Å². The predicted molar refractivity (Wildman–Crippen MR) is 118 cm³/mol. The van der Waals surface area contributed by atoms with Crippen molar-refractivity contribution in [2.24, 2.45) is 0 Å². The summed E-state index contributed by atoms with van der Waals surface area (Å²) in [4.78, 5) is 26.1. The number of rotatable bonds is 9. The molecule has 1 fully saturated rings. The van der Waals surface area contributed by atoms with E-state index in [1.54, 1.807) is 24.3 Å². The monoisotopic (exact) mass is 503 g/mol. The van der Waals surface area contributed by atoms with Crippen LogP contribution in [-0.2, 0) is 14.3 Å². The maximum absolute atomic E-state index is 12.3. The van der Waals surface area contributed by atoms with Gasteiger partial charge in [0.1, 0.15) is 30.2 Å². The van der Waals surface area contributed by atoms with Crippen molar-refractivity contribution in [1.29, 1.82) is 0 Å². The van der Waals surface area contributed by atoms with Gasteiger partial charge in [0.25, 0.3) is 0 Å². The van der Waals surface area contributed by atoms with Gasteiger partial charge in [-0.05, 0) is 44.8 Å². The van der Waals surface area contributed by atoms with Crippen LogP contribution >= 0.6 is 17.0 Å². The van der Waals surface area contributed by atoms with Gasteiger partial charge in [-0.1, -0.05) is 12.1 Å². The van der Waals surface area contributed by atoms with Crippen LogP contribution in [-0.4, -0.2) is 94.8 Å². The molecule has 1 aliphatic heterocycles. The van der Waals surface area contributed by atoms with Crippen molar-refractivity contribution in [3.8, 4) is 5.75 Å². The summed E-state index contributed by atoms with van der Waals surface area (Å²) in [6.45, 7) is 1.33. The average molecular weight is 504 g/mol. The third-order valence-electron chi connectivity index (χ3n) is 4.76. The van der Waals surface area contributed by atoms with Crippen LogP contribution in [0.3, 0.4) is 0 Å². The van der Waals surface area contributed by atoms with Gasteiger partial charge in [-0.2, -0.15) is 0 Å². The zero-order chi connectivity index (χ0) is 22.4. The lowest BCUT2D eigenvalue weighted by molar-refractivity contribution is -0.277. The van der Waals surface area contributed by atoms with Crippen LogP contribution in [0.15, 0.2) is 29.8 Å². The van der Waals surface area contributed by atoms with E-state index in [1.807, 2.05) is 19.0 Å². The number of carbonyl (C=O) groups excluding carboxylic acids is 2. The van der Waals surface area contributed by atoms with Crippen LogP contribution in [0.2, 0.25) is 0 Å². The lowest BCUT2D eigenvalue weighted by atomic mass is 9.99. The summed E-state index contributed by atoms with van der Waals surface area (Å²) in [6, 6.07) is 6.35. The minimum absolute atomic E-state index is 0. The number of ketones is 2. The lowest BCUT2D eigenvalue weighted by Gasteiger charge is -2.39. The molecule has 2 rings (SSSR count). The van der Waals surface area contributed by atoms with Crippen LogP contribution in [0.5, 0.6) is 5.75 Å². The number of nitrogens with zero attached hydrogens (tertiary/aromatic N) is 1. The Morgan fingerprint density at radius 2 is 1.71 bits per heavy atom. The maximum atomic E-state index is 12.3. The SMILES string of the molecule is Br.CC(=O)/C(=C/c1ccc(OC2OC(CO)C(O)C(O)C2O)cc1)C(=O)CCN(C)C. The lowest BCUT2D eigenvalue weighted by Crippen LogP contribution is -2.60. The zero-order valence-electron chi connectivity index (χ0n) is 17.7. The summed E-state index contributed by atoms with van der Waals surface area (Å²) < 4.78 is 10.8. The molecule has 174 valence electrons. The number of ether oxygens (including phenoxy) is 2. The molecule has 1 aliphatic rings. The summed E-state index contributed by atoms with van der Waals surface area (Å²) in [5.74, 6) is -0.266. The van der Waals surface area contributed by atoms with Crippen molar-refractivity contribution in [1.82, 2.24) is 4.90 Å². The number of hydrogen-bond donors (Lipinski definition) is 4. The van der Waals surface area contributed by atoms with Crippen molar-refractivity contribution < 1.29 is 39.5 Å². The molecule has 0 bridgehead atoms. The Morgan fingerprint density at radius 3 is 2.23 bits per heavy atom. The number of carbonyl (C=O) groups is 2. The number of aliphatic hydroxyl groups is 4. The average Bonchev–Trinajstić information content (AvgIpc) is 2.71. The first-order chi connectivity index (χ1) is 14.1. The Balaban J connectivity index is 0.00000480. The van der Waals surface area contributed by atoms with Gasteiger partial charge in [-0.15, -0.1) is 17.0 Å². The molecule has 5 atom stereocenters. The second kappa shape index (κ2) is 12.4. The Bertz CT molecular complexity index is 765. The van der Waals surface area contributed by atoms with E-state index in [0.29, 0.717) is 17.9 Å². The van der Waals surface area contributed by atoms with Gasteiger partial charge in [0.15, 0.2) is 11.6 Å². The van der Waals surface area contributed by atoms with Gasteiger partial charge < -0.3 is 34.8 Å². The Kier molecular flexibility index (Phi) is 10.9. The van der Waals surface area contributed by atoms with Crippen LogP contribution in [0.1, 0.15) is 18.9 Å². The predicted octanol–water partition coefficient (Wildman–Crippen LogP) is -0.0636. The summed E-state index contributed by atoms with van der Waals surface area (Å²) in [7, 11) is 3.69. The number of aliphatic hydroxyl groups excluding tert-OH is 4. The molecule has 9 nitrogen and oxygen atoms in total. The largest absolute Gasteiger partial charge is 0.462 e. The van der Waals surface area contributed by atoms with Gasteiger partial charge >= 0.3 is 0 Å². The molecule has 31 heavy (non-hydrogen) atoms. The smallest absolute Gasteiger partial charge is 0.229 e. The molecular weight excluding hydrogens is 474 g/mol. The molecule has 1 heterocycles. The fraction of sp³-hybridized carbons (Fsp3) is 0.524. The van der Waals surface area contributed by atoms with Crippen molar-refractivity contribution in [3.63, 3.8) is 0 Å². The van der Waals surface area contributed by atoms with Crippen LogP contribution < -0.4 is 4.74 Å². The molecule has 1 aromatic carbocycles. The molecule has 0 saturated carbocycles. The minimum Gasteiger partial charge on any atom is -0.462 e. The van der Waals surface area contributed by atoms with E-state index in [-0.39, 0.29) is 40.5 Å². The highest BCUT2D eigenvalue weighted by Crippen LogP contribution is 2.25. The Hall–Kier alpha value is -1.66. The van der Waals surface area contributed by atoms with E-state index in [2.05, 4.69) is 0 Å². The highest BCUT2D eigenvalue weighted by molar-refractivity contribution is 8.93. The molecule has 5 unspecified atom stereocenters. The molecule has 0 aromatic heterocycles. The van der Waals surface area contributed by atoms with E-state index in [0.717, 1.165) is 0 Å². The van der Waals surface area contributed by atoms with Crippen molar-refractivity contribution in [2.75, 3.05) is 27.2 Å². The van der Waals surface area contributed by atoms with Crippen LogP contribution in [0, 0.1) is 0 Å². The fourth-order valence-corrected chi connectivity index (χ4v) is 2.95. The van der Waals surface area contributed by atoms with E-state index < -0.39 is 37.3 Å².